The molecule has 0 bridgehead atoms. The first kappa shape index (κ1) is 12.6. The Labute approximate surface area is 115 Å². The lowest BCUT2D eigenvalue weighted by Gasteiger charge is -2.09. The van der Waals surface area contributed by atoms with Crippen molar-refractivity contribution in [3.05, 3.63) is 35.5 Å². The van der Waals surface area contributed by atoms with Crippen LogP contribution < -0.4 is 5.32 Å². The highest BCUT2D eigenvalue weighted by Gasteiger charge is 2.15. The Morgan fingerprint density at radius 3 is 2.95 bits per heavy atom. The van der Waals surface area contributed by atoms with E-state index in [4.69, 9.17) is 4.74 Å². The van der Waals surface area contributed by atoms with Gasteiger partial charge in [0.15, 0.2) is 5.13 Å². The summed E-state index contributed by atoms with van der Waals surface area (Å²) >= 11 is 1.56. The molecule has 2 heterocycles. The van der Waals surface area contributed by atoms with Crippen molar-refractivity contribution in [3.8, 4) is 11.3 Å². The van der Waals surface area contributed by atoms with Crippen LogP contribution in [0.25, 0.3) is 11.3 Å². The van der Waals surface area contributed by atoms with Crippen molar-refractivity contribution >= 4 is 16.5 Å². The molecule has 1 aliphatic heterocycles. The van der Waals surface area contributed by atoms with E-state index in [0.29, 0.717) is 6.10 Å². The minimum atomic E-state index is -0.226. The summed E-state index contributed by atoms with van der Waals surface area (Å²) in [5, 5.41) is 6.16. The van der Waals surface area contributed by atoms with E-state index in [1.165, 1.54) is 12.1 Å². The largest absolute Gasteiger partial charge is 0.376 e. The standard InChI is InChI=1S/C14H15FN2OS/c15-11-5-3-10(4-6-11)13-9-19-14(17-13)16-8-12-2-1-7-18-12/h3-6,9,12H,1-2,7-8H2,(H,16,17). The van der Waals surface area contributed by atoms with Gasteiger partial charge in [0, 0.05) is 24.1 Å². The van der Waals surface area contributed by atoms with Crippen LogP contribution in [0.2, 0.25) is 0 Å². The Morgan fingerprint density at radius 1 is 1.37 bits per heavy atom. The molecular formula is C14H15FN2OS. The fraction of sp³-hybridized carbons (Fsp3) is 0.357. The molecule has 0 saturated carbocycles. The number of anilines is 1. The van der Waals surface area contributed by atoms with Crippen LogP contribution >= 0.6 is 11.3 Å². The minimum absolute atomic E-state index is 0.226. The predicted molar refractivity (Wildman–Crippen MR) is 75.0 cm³/mol. The van der Waals surface area contributed by atoms with Crippen LogP contribution in [0.15, 0.2) is 29.6 Å². The number of ether oxygens (including phenoxy) is 1. The first-order chi connectivity index (χ1) is 9.31. The molecule has 100 valence electrons. The summed E-state index contributed by atoms with van der Waals surface area (Å²) in [6.07, 6.45) is 2.56. The lowest BCUT2D eigenvalue weighted by atomic mass is 10.2. The zero-order chi connectivity index (χ0) is 13.1. The fourth-order valence-electron chi connectivity index (χ4n) is 2.11. The molecule has 0 aliphatic carbocycles. The highest BCUT2D eigenvalue weighted by Crippen LogP contribution is 2.25. The maximum Gasteiger partial charge on any atom is 0.183 e. The Bertz CT molecular complexity index is 535. The summed E-state index contributed by atoms with van der Waals surface area (Å²) < 4.78 is 18.4. The van der Waals surface area contributed by atoms with Gasteiger partial charge in [0.2, 0.25) is 0 Å². The SMILES string of the molecule is Fc1ccc(-c2csc(NCC3CCCO3)n2)cc1. The maximum absolute atomic E-state index is 12.9. The molecule has 1 atom stereocenters. The van der Waals surface area contributed by atoms with Crippen molar-refractivity contribution in [1.29, 1.82) is 0 Å². The van der Waals surface area contributed by atoms with Gasteiger partial charge in [-0.3, -0.25) is 0 Å². The number of nitrogens with one attached hydrogen (secondary N) is 1. The first-order valence-corrected chi connectivity index (χ1v) is 7.26. The zero-order valence-corrected chi connectivity index (χ0v) is 11.3. The van der Waals surface area contributed by atoms with Crippen molar-refractivity contribution < 1.29 is 9.13 Å². The summed E-state index contributed by atoms with van der Waals surface area (Å²) in [4.78, 5) is 4.50. The number of aromatic nitrogens is 1. The molecule has 2 aromatic rings. The van der Waals surface area contributed by atoms with Crippen LogP contribution in [0, 0.1) is 5.82 Å². The van der Waals surface area contributed by atoms with E-state index in [2.05, 4.69) is 10.3 Å². The van der Waals surface area contributed by atoms with E-state index < -0.39 is 0 Å². The molecule has 1 fully saturated rings. The summed E-state index contributed by atoms with van der Waals surface area (Å²) in [6, 6.07) is 6.39. The number of nitrogens with zero attached hydrogens (tertiary/aromatic N) is 1. The number of halogens is 1. The first-order valence-electron chi connectivity index (χ1n) is 6.38. The second-order valence-electron chi connectivity index (χ2n) is 4.56. The second kappa shape index (κ2) is 5.67. The molecular weight excluding hydrogens is 263 g/mol. The lowest BCUT2D eigenvalue weighted by Crippen LogP contribution is -2.18. The van der Waals surface area contributed by atoms with Crippen LogP contribution in [0.4, 0.5) is 9.52 Å². The van der Waals surface area contributed by atoms with Crippen molar-refractivity contribution in [1.82, 2.24) is 4.98 Å². The van der Waals surface area contributed by atoms with Gasteiger partial charge in [-0.05, 0) is 37.1 Å². The van der Waals surface area contributed by atoms with Gasteiger partial charge in [-0.25, -0.2) is 9.37 Å². The number of rotatable bonds is 4. The smallest absolute Gasteiger partial charge is 0.183 e. The molecule has 1 aromatic carbocycles. The number of hydrogen-bond donors (Lipinski definition) is 1. The molecule has 1 N–H and O–H groups in total. The predicted octanol–water partition coefficient (Wildman–Crippen LogP) is 3.54. The van der Waals surface area contributed by atoms with E-state index in [9.17, 15) is 4.39 Å². The summed E-state index contributed by atoms with van der Waals surface area (Å²) in [5.74, 6) is -0.226. The molecule has 0 spiro atoms. The van der Waals surface area contributed by atoms with E-state index in [0.717, 1.165) is 42.4 Å². The van der Waals surface area contributed by atoms with Crippen LogP contribution in [-0.4, -0.2) is 24.2 Å². The van der Waals surface area contributed by atoms with Crippen molar-refractivity contribution in [2.75, 3.05) is 18.5 Å². The van der Waals surface area contributed by atoms with Gasteiger partial charge in [0.05, 0.1) is 11.8 Å². The van der Waals surface area contributed by atoms with E-state index in [1.54, 1.807) is 23.5 Å². The maximum atomic E-state index is 12.9. The molecule has 1 aliphatic rings. The third-order valence-electron chi connectivity index (χ3n) is 3.15. The topological polar surface area (TPSA) is 34.1 Å². The Balaban J connectivity index is 1.63. The van der Waals surface area contributed by atoms with Gasteiger partial charge in [-0.2, -0.15) is 0 Å². The molecule has 1 aromatic heterocycles. The molecule has 1 saturated heterocycles. The quantitative estimate of drug-likeness (QED) is 0.929. The average Bonchev–Trinajstić information content (AvgIpc) is 3.09. The molecule has 19 heavy (non-hydrogen) atoms. The number of thiazole rings is 1. The van der Waals surface area contributed by atoms with Gasteiger partial charge < -0.3 is 10.1 Å². The highest BCUT2D eigenvalue weighted by molar-refractivity contribution is 7.14. The second-order valence-corrected chi connectivity index (χ2v) is 5.42. The molecule has 3 rings (SSSR count). The molecule has 3 nitrogen and oxygen atoms in total. The summed E-state index contributed by atoms with van der Waals surface area (Å²) in [5.41, 5.74) is 1.81. The zero-order valence-electron chi connectivity index (χ0n) is 10.4. The van der Waals surface area contributed by atoms with Crippen molar-refractivity contribution in [3.63, 3.8) is 0 Å². The van der Waals surface area contributed by atoms with Crippen LogP contribution in [0.1, 0.15) is 12.8 Å². The molecule has 0 radical (unpaired) electrons. The summed E-state index contributed by atoms with van der Waals surface area (Å²) in [6.45, 7) is 1.67. The van der Waals surface area contributed by atoms with Gasteiger partial charge >= 0.3 is 0 Å². The molecule has 1 unspecified atom stereocenters. The Hall–Kier alpha value is -1.46. The van der Waals surface area contributed by atoms with Gasteiger partial charge in [0.1, 0.15) is 5.82 Å². The Kier molecular flexibility index (Phi) is 3.75. The third-order valence-corrected chi connectivity index (χ3v) is 3.95. The van der Waals surface area contributed by atoms with E-state index in [-0.39, 0.29) is 5.82 Å². The molecule has 5 heteroatoms. The highest BCUT2D eigenvalue weighted by atomic mass is 32.1. The average molecular weight is 278 g/mol. The lowest BCUT2D eigenvalue weighted by molar-refractivity contribution is 0.120. The minimum Gasteiger partial charge on any atom is -0.376 e. The van der Waals surface area contributed by atoms with Crippen LogP contribution in [-0.2, 0) is 4.74 Å². The molecule has 0 amide bonds. The normalized spacial score (nSPS) is 18.7. The Morgan fingerprint density at radius 2 is 2.21 bits per heavy atom. The van der Waals surface area contributed by atoms with Crippen LogP contribution in [0.5, 0.6) is 0 Å². The summed E-state index contributed by atoms with van der Waals surface area (Å²) in [7, 11) is 0. The number of benzene rings is 1. The number of hydrogen-bond acceptors (Lipinski definition) is 4. The monoisotopic (exact) mass is 278 g/mol. The van der Waals surface area contributed by atoms with E-state index in [1.807, 2.05) is 5.38 Å². The fourth-order valence-corrected chi connectivity index (χ4v) is 2.84. The van der Waals surface area contributed by atoms with Crippen molar-refractivity contribution in [2.24, 2.45) is 0 Å². The van der Waals surface area contributed by atoms with Gasteiger partial charge in [0.25, 0.3) is 0 Å². The van der Waals surface area contributed by atoms with E-state index >= 15 is 0 Å². The van der Waals surface area contributed by atoms with Crippen LogP contribution in [0.3, 0.4) is 0 Å². The third kappa shape index (κ3) is 3.11. The van der Waals surface area contributed by atoms with Crippen molar-refractivity contribution in [2.45, 2.75) is 18.9 Å². The van der Waals surface area contributed by atoms with Gasteiger partial charge in [-0.1, -0.05) is 0 Å². The van der Waals surface area contributed by atoms with Gasteiger partial charge in [-0.15, -0.1) is 11.3 Å².